The third kappa shape index (κ3) is 3.23. The van der Waals surface area contributed by atoms with Crippen LogP contribution in [0.2, 0.25) is 0 Å². The van der Waals surface area contributed by atoms with Gasteiger partial charge in [0.15, 0.2) is 0 Å². The van der Waals surface area contributed by atoms with Gasteiger partial charge in [0.05, 0.1) is 6.04 Å². The van der Waals surface area contributed by atoms with Crippen molar-refractivity contribution in [3.63, 3.8) is 0 Å². The number of hydrogen-bond donors (Lipinski definition) is 1. The number of nitrogens with two attached hydrogens (primary N) is 1. The fourth-order valence-corrected chi connectivity index (χ4v) is 3.22. The predicted molar refractivity (Wildman–Crippen MR) is 77.4 cm³/mol. The van der Waals surface area contributed by atoms with Crippen molar-refractivity contribution in [2.75, 3.05) is 0 Å². The van der Waals surface area contributed by atoms with Gasteiger partial charge in [0.2, 0.25) is 0 Å². The van der Waals surface area contributed by atoms with Crippen LogP contribution < -0.4 is 5.32 Å². The quantitative estimate of drug-likeness (QED) is 0.765. The van der Waals surface area contributed by atoms with Crippen LogP contribution in [0.1, 0.15) is 51.0 Å². The van der Waals surface area contributed by atoms with Crippen LogP contribution in [-0.4, -0.2) is 6.04 Å². The molecule has 0 spiro atoms. The first-order chi connectivity index (χ1) is 8.74. The molecule has 1 heteroatoms. The van der Waals surface area contributed by atoms with Crippen molar-refractivity contribution >= 4 is 0 Å². The third-order valence-corrected chi connectivity index (χ3v) is 4.26. The lowest BCUT2D eigenvalue weighted by Crippen LogP contribution is -2.98. The molecule has 1 aliphatic rings. The van der Waals surface area contributed by atoms with Gasteiger partial charge in [0, 0.05) is 12.0 Å². The average molecular weight is 244 g/mol. The van der Waals surface area contributed by atoms with Gasteiger partial charge in [-0.2, -0.15) is 0 Å². The molecule has 0 amide bonds. The summed E-state index contributed by atoms with van der Waals surface area (Å²) in [5.41, 5.74) is 1.58. The molecule has 1 aliphatic carbocycles. The summed E-state index contributed by atoms with van der Waals surface area (Å²) >= 11 is 0. The number of quaternary nitrogens is 1. The van der Waals surface area contributed by atoms with Crippen LogP contribution >= 0.6 is 0 Å². The molecule has 98 valence electrons. The van der Waals surface area contributed by atoms with Crippen LogP contribution in [0, 0.1) is 0 Å². The molecule has 0 aliphatic heterocycles. The van der Waals surface area contributed by atoms with E-state index in [0.717, 1.165) is 12.5 Å². The molecule has 2 N–H and O–H groups in total. The summed E-state index contributed by atoms with van der Waals surface area (Å²) < 4.78 is 0. The fourth-order valence-electron chi connectivity index (χ4n) is 3.22. The van der Waals surface area contributed by atoms with E-state index in [4.69, 9.17) is 0 Å². The monoisotopic (exact) mass is 244 g/mol. The van der Waals surface area contributed by atoms with Crippen molar-refractivity contribution in [1.82, 2.24) is 0 Å². The highest BCUT2D eigenvalue weighted by Crippen LogP contribution is 2.23. The van der Waals surface area contributed by atoms with Crippen molar-refractivity contribution in [2.45, 2.75) is 57.0 Å². The lowest BCUT2D eigenvalue weighted by Gasteiger charge is -2.33. The van der Waals surface area contributed by atoms with Gasteiger partial charge in [-0.25, -0.2) is 0 Å². The van der Waals surface area contributed by atoms with E-state index < -0.39 is 0 Å². The summed E-state index contributed by atoms with van der Waals surface area (Å²) in [6.45, 7) is 6.30. The second kappa shape index (κ2) is 6.19. The lowest BCUT2D eigenvalue weighted by atomic mass is 9.85. The van der Waals surface area contributed by atoms with Crippen LogP contribution in [0.3, 0.4) is 0 Å². The van der Waals surface area contributed by atoms with E-state index >= 15 is 0 Å². The first-order valence-corrected chi connectivity index (χ1v) is 7.27. The lowest BCUT2D eigenvalue weighted by molar-refractivity contribution is -0.764. The maximum atomic E-state index is 3.94. The van der Waals surface area contributed by atoms with E-state index in [-0.39, 0.29) is 5.54 Å². The second-order valence-corrected chi connectivity index (χ2v) is 5.84. The molecule has 1 aromatic rings. The summed E-state index contributed by atoms with van der Waals surface area (Å²) in [7, 11) is 0. The maximum Gasteiger partial charge on any atom is 0.122 e. The second-order valence-electron chi connectivity index (χ2n) is 5.84. The molecule has 2 rings (SSSR count). The third-order valence-electron chi connectivity index (χ3n) is 4.26. The van der Waals surface area contributed by atoms with E-state index in [1.807, 2.05) is 0 Å². The summed E-state index contributed by atoms with van der Waals surface area (Å²) in [5.74, 6) is 0. The van der Waals surface area contributed by atoms with Gasteiger partial charge >= 0.3 is 0 Å². The Morgan fingerprint density at radius 2 is 1.89 bits per heavy atom. The van der Waals surface area contributed by atoms with Crippen molar-refractivity contribution < 1.29 is 5.32 Å². The van der Waals surface area contributed by atoms with Gasteiger partial charge in [-0.05, 0) is 32.6 Å². The van der Waals surface area contributed by atoms with E-state index in [9.17, 15) is 0 Å². The van der Waals surface area contributed by atoms with Crippen molar-refractivity contribution in [3.8, 4) is 0 Å². The van der Waals surface area contributed by atoms with Crippen LogP contribution in [0.15, 0.2) is 43.0 Å². The minimum Gasteiger partial charge on any atom is -0.335 e. The largest absolute Gasteiger partial charge is 0.335 e. The Balaban J connectivity index is 2.12. The number of hydrogen-bond acceptors (Lipinski definition) is 0. The average Bonchev–Trinajstić information content (AvgIpc) is 2.41. The maximum absolute atomic E-state index is 3.94. The van der Waals surface area contributed by atoms with Gasteiger partial charge in [-0.1, -0.05) is 42.8 Å². The molecule has 0 radical (unpaired) electrons. The van der Waals surface area contributed by atoms with Gasteiger partial charge in [0.25, 0.3) is 0 Å². The smallest absolute Gasteiger partial charge is 0.122 e. The molecule has 0 aromatic heterocycles. The highest BCUT2D eigenvalue weighted by Gasteiger charge is 2.32. The Morgan fingerprint density at radius 3 is 2.50 bits per heavy atom. The van der Waals surface area contributed by atoms with Crippen LogP contribution in [-0.2, 0) is 5.54 Å². The number of rotatable bonds is 5. The van der Waals surface area contributed by atoms with Gasteiger partial charge in [-0.3, -0.25) is 0 Å². The Bertz CT molecular complexity index is 364. The molecule has 1 aromatic carbocycles. The molecule has 1 saturated carbocycles. The minimum atomic E-state index is 0.158. The Morgan fingerprint density at radius 1 is 1.22 bits per heavy atom. The number of benzene rings is 1. The molecule has 1 fully saturated rings. The molecule has 0 heterocycles. The highest BCUT2D eigenvalue weighted by molar-refractivity contribution is 5.21. The SMILES string of the molecule is C=CC[C@](C)([NH2+]C1CCCCC1)c1ccccc1. The first-order valence-electron chi connectivity index (χ1n) is 7.27. The molecule has 1 nitrogen and oxygen atoms in total. The standard InChI is InChI=1S/C17H25N/c1-3-14-17(2,15-10-6-4-7-11-15)18-16-12-8-5-9-13-16/h3-4,6-7,10-11,16,18H,1,5,8-9,12-14H2,2H3/p+1/t17-/m0/s1. The zero-order valence-electron chi connectivity index (χ0n) is 11.6. The van der Waals surface area contributed by atoms with Crippen molar-refractivity contribution in [2.24, 2.45) is 0 Å². The van der Waals surface area contributed by atoms with Crippen molar-refractivity contribution in [1.29, 1.82) is 0 Å². The Hall–Kier alpha value is -1.08. The summed E-state index contributed by atoms with van der Waals surface area (Å²) in [6, 6.07) is 11.7. The van der Waals surface area contributed by atoms with E-state index in [0.29, 0.717) is 0 Å². The van der Waals surface area contributed by atoms with Gasteiger partial charge in [0.1, 0.15) is 5.54 Å². The van der Waals surface area contributed by atoms with Crippen LogP contribution in [0.5, 0.6) is 0 Å². The summed E-state index contributed by atoms with van der Waals surface area (Å²) in [6.07, 6.45) is 10.1. The highest BCUT2D eigenvalue weighted by atomic mass is 15.0. The van der Waals surface area contributed by atoms with Gasteiger partial charge < -0.3 is 5.32 Å². The molecule has 0 bridgehead atoms. The predicted octanol–water partition coefficient (Wildman–Crippen LogP) is 3.37. The van der Waals surface area contributed by atoms with Crippen LogP contribution in [0.4, 0.5) is 0 Å². The first kappa shape index (κ1) is 13.4. The van der Waals surface area contributed by atoms with E-state index in [2.05, 4.69) is 55.2 Å². The van der Waals surface area contributed by atoms with Gasteiger partial charge in [-0.15, -0.1) is 6.58 Å². The molecular formula is C17H26N+. The summed E-state index contributed by atoms with van der Waals surface area (Å²) in [4.78, 5) is 0. The fraction of sp³-hybridized carbons (Fsp3) is 0.529. The zero-order valence-corrected chi connectivity index (χ0v) is 11.6. The topological polar surface area (TPSA) is 16.6 Å². The molecule has 1 atom stereocenters. The van der Waals surface area contributed by atoms with Crippen LogP contribution in [0.25, 0.3) is 0 Å². The van der Waals surface area contributed by atoms with E-state index in [1.165, 1.54) is 37.7 Å². The zero-order chi connectivity index (χ0) is 12.8. The van der Waals surface area contributed by atoms with Crippen molar-refractivity contribution in [3.05, 3.63) is 48.6 Å². The molecule has 0 unspecified atom stereocenters. The molecular weight excluding hydrogens is 218 g/mol. The normalized spacial score (nSPS) is 20.3. The molecule has 18 heavy (non-hydrogen) atoms. The summed E-state index contributed by atoms with van der Waals surface area (Å²) in [5, 5.41) is 2.60. The Kier molecular flexibility index (Phi) is 4.60. The van der Waals surface area contributed by atoms with E-state index in [1.54, 1.807) is 0 Å². The minimum absolute atomic E-state index is 0.158. The molecule has 0 saturated heterocycles. The Labute approximate surface area is 111 Å².